The molecule has 2 aromatic rings. The lowest BCUT2D eigenvalue weighted by Gasteiger charge is -2.19. The fourth-order valence-electron chi connectivity index (χ4n) is 2.68. The Hall–Kier alpha value is -1.69. The number of nitrogens with zero attached hydrogens (tertiary/aromatic N) is 4. The Balaban J connectivity index is 1.72. The van der Waals surface area contributed by atoms with Crippen molar-refractivity contribution in [3.63, 3.8) is 0 Å². The fourth-order valence-corrected chi connectivity index (χ4v) is 2.68. The molecule has 1 atom stereocenters. The van der Waals surface area contributed by atoms with Crippen molar-refractivity contribution in [2.24, 2.45) is 0 Å². The van der Waals surface area contributed by atoms with Crippen molar-refractivity contribution in [3.8, 4) is 0 Å². The summed E-state index contributed by atoms with van der Waals surface area (Å²) < 4.78 is 11.0. The molecular formula is C15H22N4O2. The summed E-state index contributed by atoms with van der Waals surface area (Å²) in [5.74, 6) is 3.47. The van der Waals surface area contributed by atoms with Crippen molar-refractivity contribution in [1.29, 1.82) is 0 Å². The van der Waals surface area contributed by atoms with Crippen LogP contribution in [0, 0.1) is 0 Å². The van der Waals surface area contributed by atoms with E-state index >= 15 is 0 Å². The van der Waals surface area contributed by atoms with Crippen LogP contribution in [0.1, 0.15) is 68.9 Å². The van der Waals surface area contributed by atoms with Crippen LogP contribution in [0.3, 0.4) is 0 Å². The molecule has 2 aromatic heterocycles. The Labute approximate surface area is 124 Å². The second kappa shape index (κ2) is 5.97. The third-order valence-corrected chi connectivity index (χ3v) is 3.90. The lowest BCUT2D eigenvalue weighted by molar-refractivity contribution is 0.210. The summed E-state index contributed by atoms with van der Waals surface area (Å²) in [5, 5.41) is 4.15. The number of aryl methyl sites for hydroxylation is 1. The zero-order chi connectivity index (χ0) is 14.8. The Morgan fingerprint density at radius 1 is 1.43 bits per heavy atom. The summed E-state index contributed by atoms with van der Waals surface area (Å²) in [6, 6.07) is 0.207. The van der Waals surface area contributed by atoms with E-state index < -0.39 is 0 Å². The first-order valence-corrected chi connectivity index (χ1v) is 7.68. The number of oxazole rings is 1. The smallest absolute Gasteiger partial charge is 0.229 e. The second-order valence-corrected chi connectivity index (χ2v) is 5.85. The zero-order valence-corrected chi connectivity index (χ0v) is 12.9. The van der Waals surface area contributed by atoms with Gasteiger partial charge in [-0.2, -0.15) is 4.98 Å². The molecule has 6 nitrogen and oxygen atoms in total. The van der Waals surface area contributed by atoms with E-state index in [1.54, 1.807) is 0 Å². The van der Waals surface area contributed by atoms with Crippen LogP contribution in [0.15, 0.2) is 15.1 Å². The first-order chi connectivity index (χ1) is 10.2. The molecule has 0 aromatic carbocycles. The van der Waals surface area contributed by atoms with E-state index in [1.165, 1.54) is 0 Å². The van der Waals surface area contributed by atoms with Gasteiger partial charge >= 0.3 is 0 Å². The number of rotatable bonds is 5. The average molecular weight is 290 g/mol. The van der Waals surface area contributed by atoms with E-state index in [0.717, 1.165) is 43.3 Å². The van der Waals surface area contributed by atoms with Gasteiger partial charge in [0.05, 0.1) is 18.8 Å². The molecule has 1 aliphatic heterocycles. The largest absolute Gasteiger partial charge is 0.444 e. The van der Waals surface area contributed by atoms with Gasteiger partial charge in [-0.1, -0.05) is 25.9 Å². The normalized spacial score (nSPS) is 19.7. The van der Waals surface area contributed by atoms with E-state index in [9.17, 15) is 0 Å². The van der Waals surface area contributed by atoms with Gasteiger partial charge in [-0.3, -0.25) is 4.90 Å². The Kier molecular flexibility index (Phi) is 4.05. The summed E-state index contributed by atoms with van der Waals surface area (Å²) in [6.45, 7) is 7.90. The van der Waals surface area contributed by atoms with Gasteiger partial charge in [0.25, 0.3) is 0 Å². The van der Waals surface area contributed by atoms with Crippen LogP contribution in [-0.2, 0) is 13.0 Å². The van der Waals surface area contributed by atoms with Gasteiger partial charge in [0.1, 0.15) is 5.76 Å². The summed E-state index contributed by atoms with van der Waals surface area (Å²) in [7, 11) is 0. The zero-order valence-electron chi connectivity index (χ0n) is 12.9. The van der Waals surface area contributed by atoms with Gasteiger partial charge in [0.2, 0.25) is 11.8 Å². The molecule has 1 aliphatic rings. The molecule has 3 rings (SSSR count). The highest BCUT2D eigenvalue weighted by molar-refractivity contribution is 5.01. The monoisotopic (exact) mass is 290 g/mol. The van der Waals surface area contributed by atoms with Gasteiger partial charge in [-0.25, -0.2) is 4.98 Å². The molecule has 114 valence electrons. The summed E-state index contributed by atoms with van der Waals surface area (Å²) in [6.07, 6.45) is 4.88. The van der Waals surface area contributed by atoms with E-state index in [4.69, 9.17) is 8.94 Å². The maximum absolute atomic E-state index is 5.71. The Bertz CT molecular complexity index is 590. The predicted octanol–water partition coefficient (Wildman–Crippen LogP) is 3.08. The van der Waals surface area contributed by atoms with Crippen molar-refractivity contribution >= 4 is 0 Å². The van der Waals surface area contributed by atoms with Crippen molar-refractivity contribution in [3.05, 3.63) is 29.6 Å². The third-order valence-electron chi connectivity index (χ3n) is 3.90. The molecule has 0 bridgehead atoms. The maximum Gasteiger partial charge on any atom is 0.229 e. The minimum absolute atomic E-state index is 0.207. The molecule has 0 saturated carbocycles. The van der Waals surface area contributed by atoms with Crippen LogP contribution in [0.25, 0.3) is 0 Å². The number of hydrogen-bond acceptors (Lipinski definition) is 6. The van der Waals surface area contributed by atoms with E-state index in [2.05, 4.69) is 40.8 Å². The average Bonchev–Trinajstić information content (AvgIpc) is 3.18. The highest BCUT2D eigenvalue weighted by Gasteiger charge is 2.31. The van der Waals surface area contributed by atoms with E-state index in [0.29, 0.717) is 12.4 Å². The molecule has 0 N–H and O–H groups in total. The van der Waals surface area contributed by atoms with Crippen LogP contribution >= 0.6 is 0 Å². The predicted molar refractivity (Wildman–Crippen MR) is 76.7 cm³/mol. The first kappa shape index (κ1) is 14.3. The fraction of sp³-hybridized carbons (Fsp3) is 0.667. The topological polar surface area (TPSA) is 68.2 Å². The van der Waals surface area contributed by atoms with Gasteiger partial charge in [0, 0.05) is 12.3 Å². The summed E-state index contributed by atoms with van der Waals surface area (Å²) in [5.41, 5.74) is 0. The van der Waals surface area contributed by atoms with Gasteiger partial charge in [-0.15, -0.1) is 0 Å². The SMILES string of the molecule is CCc1cnc(CN2CCCC2c2noc(C(C)C)n2)o1. The number of likely N-dealkylation sites (tertiary alicyclic amines) is 1. The lowest BCUT2D eigenvalue weighted by Crippen LogP contribution is -2.23. The highest BCUT2D eigenvalue weighted by atomic mass is 16.5. The van der Waals surface area contributed by atoms with Gasteiger partial charge < -0.3 is 8.94 Å². The molecule has 21 heavy (non-hydrogen) atoms. The minimum atomic E-state index is 0.207. The molecule has 3 heterocycles. The molecule has 0 aliphatic carbocycles. The van der Waals surface area contributed by atoms with Crippen molar-refractivity contribution < 1.29 is 8.94 Å². The Morgan fingerprint density at radius 2 is 2.29 bits per heavy atom. The first-order valence-electron chi connectivity index (χ1n) is 7.68. The van der Waals surface area contributed by atoms with Gasteiger partial charge in [0.15, 0.2) is 5.82 Å². The van der Waals surface area contributed by atoms with Crippen LogP contribution < -0.4 is 0 Å². The molecule has 0 spiro atoms. The number of hydrogen-bond donors (Lipinski definition) is 0. The molecule has 6 heteroatoms. The molecule has 0 amide bonds. The summed E-state index contributed by atoms with van der Waals surface area (Å²) >= 11 is 0. The van der Waals surface area contributed by atoms with E-state index in [1.807, 2.05) is 6.20 Å². The lowest BCUT2D eigenvalue weighted by atomic mass is 10.2. The Morgan fingerprint density at radius 3 is 2.95 bits per heavy atom. The second-order valence-electron chi connectivity index (χ2n) is 5.85. The van der Waals surface area contributed by atoms with Crippen molar-refractivity contribution in [2.45, 2.75) is 58.5 Å². The maximum atomic E-state index is 5.71. The highest BCUT2D eigenvalue weighted by Crippen LogP contribution is 2.32. The van der Waals surface area contributed by atoms with Gasteiger partial charge in [-0.05, 0) is 19.4 Å². The van der Waals surface area contributed by atoms with E-state index in [-0.39, 0.29) is 12.0 Å². The molecule has 1 saturated heterocycles. The third kappa shape index (κ3) is 3.00. The summed E-state index contributed by atoms with van der Waals surface area (Å²) in [4.78, 5) is 11.2. The van der Waals surface area contributed by atoms with Crippen LogP contribution in [0.2, 0.25) is 0 Å². The molecule has 1 fully saturated rings. The molecular weight excluding hydrogens is 268 g/mol. The quantitative estimate of drug-likeness (QED) is 0.843. The van der Waals surface area contributed by atoms with Crippen LogP contribution in [0.4, 0.5) is 0 Å². The van der Waals surface area contributed by atoms with Crippen LogP contribution in [-0.4, -0.2) is 26.6 Å². The molecule has 0 radical (unpaired) electrons. The standard InChI is InChI=1S/C15H22N4O2/c1-4-11-8-16-13(20-11)9-19-7-5-6-12(19)14-17-15(10(2)3)21-18-14/h8,10,12H,4-7,9H2,1-3H3. The van der Waals surface area contributed by atoms with Crippen molar-refractivity contribution in [2.75, 3.05) is 6.54 Å². The molecule has 1 unspecified atom stereocenters. The van der Waals surface area contributed by atoms with Crippen LogP contribution in [0.5, 0.6) is 0 Å². The number of aromatic nitrogens is 3. The van der Waals surface area contributed by atoms with Crippen molar-refractivity contribution in [1.82, 2.24) is 20.0 Å². The minimum Gasteiger partial charge on any atom is -0.444 e.